The van der Waals surface area contributed by atoms with Gasteiger partial charge in [0.15, 0.2) is 5.78 Å². The minimum atomic E-state index is -0.554. The maximum atomic E-state index is 12.9. The SMILES string of the molecule is CC(C)(C)c1cccc(C(=O)c2ccc(OCC3CO3)cc2[N+](=O)[O-])c1. The van der Waals surface area contributed by atoms with E-state index in [1.807, 2.05) is 6.07 Å². The zero-order valence-corrected chi connectivity index (χ0v) is 15.0. The van der Waals surface area contributed by atoms with Crippen LogP contribution in [0, 0.1) is 10.1 Å². The van der Waals surface area contributed by atoms with Crippen molar-refractivity contribution in [3.63, 3.8) is 0 Å². The lowest BCUT2D eigenvalue weighted by atomic mass is 9.85. The van der Waals surface area contributed by atoms with Gasteiger partial charge in [-0.1, -0.05) is 39.0 Å². The number of carbonyl (C=O) groups excluding carboxylic acids is 1. The minimum Gasteiger partial charge on any atom is -0.491 e. The average molecular weight is 355 g/mol. The van der Waals surface area contributed by atoms with Crippen LogP contribution >= 0.6 is 0 Å². The lowest BCUT2D eigenvalue weighted by Gasteiger charge is -2.19. The van der Waals surface area contributed by atoms with E-state index >= 15 is 0 Å². The maximum absolute atomic E-state index is 12.9. The molecule has 2 aromatic rings. The van der Waals surface area contributed by atoms with Gasteiger partial charge in [0.25, 0.3) is 5.69 Å². The highest BCUT2D eigenvalue weighted by Gasteiger charge is 2.26. The molecule has 1 aliphatic rings. The Morgan fingerprint density at radius 2 is 2.00 bits per heavy atom. The Balaban J connectivity index is 1.91. The summed E-state index contributed by atoms with van der Waals surface area (Å²) in [6.07, 6.45) is 0.0514. The molecule has 0 amide bonds. The van der Waals surface area contributed by atoms with Crippen molar-refractivity contribution >= 4 is 11.5 Å². The highest BCUT2D eigenvalue weighted by Crippen LogP contribution is 2.29. The van der Waals surface area contributed by atoms with Crippen LogP contribution in [0.5, 0.6) is 5.75 Å². The van der Waals surface area contributed by atoms with Gasteiger partial charge < -0.3 is 9.47 Å². The lowest BCUT2D eigenvalue weighted by Crippen LogP contribution is -2.13. The molecule has 1 unspecified atom stereocenters. The summed E-state index contributed by atoms with van der Waals surface area (Å²) in [5.74, 6) is -0.0212. The molecule has 6 nitrogen and oxygen atoms in total. The molecule has 0 radical (unpaired) electrons. The van der Waals surface area contributed by atoms with Crippen LogP contribution in [-0.4, -0.2) is 30.0 Å². The van der Waals surface area contributed by atoms with Crippen LogP contribution in [0.4, 0.5) is 5.69 Å². The van der Waals surface area contributed by atoms with E-state index in [0.29, 0.717) is 24.5 Å². The molecule has 1 fully saturated rings. The third-order valence-corrected chi connectivity index (χ3v) is 4.24. The van der Waals surface area contributed by atoms with Crippen molar-refractivity contribution in [1.82, 2.24) is 0 Å². The van der Waals surface area contributed by atoms with Crippen molar-refractivity contribution in [3.8, 4) is 5.75 Å². The zero-order chi connectivity index (χ0) is 18.9. The first-order valence-electron chi connectivity index (χ1n) is 8.44. The zero-order valence-electron chi connectivity index (χ0n) is 15.0. The monoisotopic (exact) mass is 355 g/mol. The van der Waals surface area contributed by atoms with Crippen LogP contribution in [0.1, 0.15) is 42.3 Å². The molecule has 0 N–H and O–H groups in total. The summed E-state index contributed by atoms with van der Waals surface area (Å²) in [4.78, 5) is 23.8. The quantitative estimate of drug-likeness (QED) is 0.340. The van der Waals surface area contributed by atoms with Gasteiger partial charge in [-0.25, -0.2) is 0 Å². The van der Waals surface area contributed by atoms with E-state index in [-0.39, 0.29) is 28.6 Å². The maximum Gasteiger partial charge on any atom is 0.284 e. The molecule has 136 valence electrons. The molecular weight excluding hydrogens is 334 g/mol. The number of nitro benzene ring substituents is 1. The van der Waals surface area contributed by atoms with E-state index in [0.717, 1.165) is 5.56 Å². The predicted molar refractivity (Wildman–Crippen MR) is 96.9 cm³/mol. The first kappa shape index (κ1) is 18.1. The summed E-state index contributed by atoms with van der Waals surface area (Å²) >= 11 is 0. The fourth-order valence-corrected chi connectivity index (χ4v) is 2.58. The Labute approximate surface area is 151 Å². The predicted octanol–water partition coefficient (Wildman–Crippen LogP) is 3.90. The van der Waals surface area contributed by atoms with Crippen LogP contribution in [0.25, 0.3) is 0 Å². The van der Waals surface area contributed by atoms with Crippen LogP contribution in [0.3, 0.4) is 0 Å². The van der Waals surface area contributed by atoms with Crippen LogP contribution in [-0.2, 0) is 10.2 Å². The standard InChI is InChI=1S/C20H21NO5/c1-20(2,3)14-6-4-5-13(9-14)19(22)17-8-7-15(10-18(17)21(23)24)25-11-16-12-26-16/h4-10,16H,11-12H2,1-3H3. The Kier molecular flexibility index (Phi) is 4.78. The number of carbonyl (C=O) groups is 1. The fraction of sp³-hybridized carbons (Fsp3) is 0.350. The number of ether oxygens (including phenoxy) is 2. The molecule has 3 rings (SSSR count). The molecule has 0 bridgehead atoms. The Morgan fingerprint density at radius 3 is 2.62 bits per heavy atom. The van der Waals surface area contributed by atoms with Crippen LogP contribution in [0.15, 0.2) is 42.5 Å². The van der Waals surface area contributed by atoms with Crippen molar-refractivity contribution in [2.45, 2.75) is 32.3 Å². The second-order valence-corrected chi connectivity index (χ2v) is 7.36. The molecule has 1 atom stereocenters. The fourth-order valence-electron chi connectivity index (χ4n) is 2.58. The molecule has 1 heterocycles. The summed E-state index contributed by atoms with van der Waals surface area (Å²) in [6, 6.07) is 11.5. The number of hydrogen-bond acceptors (Lipinski definition) is 5. The molecule has 0 saturated carbocycles. The molecule has 1 saturated heterocycles. The minimum absolute atomic E-state index is 0.0514. The van der Waals surface area contributed by atoms with Gasteiger partial charge in [-0.05, 0) is 29.2 Å². The molecule has 1 aliphatic heterocycles. The number of ketones is 1. The van der Waals surface area contributed by atoms with Gasteiger partial charge in [-0.15, -0.1) is 0 Å². The first-order chi connectivity index (χ1) is 12.3. The van der Waals surface area contributed by atoms with Crippen molar-refractivity contribution in [2.24, 2.45) is 0 Å². The van der Waals surface area contributed by atoms with Gasteiger partial charge in [-0.3, -0.25) is 14.9 Å². The van der Waals surface area contributed by atoms with E-state index in [9.17, 15) is 14.9 Å². The molecule has 26 heavy (non-hydrogen) atoms. The van der Waals surface area contributed by atoms with E-state index in [1.165, 1.54) is 12.1 Å². The summed E-state index contributed by atoms with van der Waals surface area (Å²) < 4.78 is 10.5. The Hall–Kier alpha value is -2.73. The first-order valence-corrected chi connectivity index (χ1v) is 8.44. The molecule has 2 aromatic carbocycles. The van der Waals surface area contributed by atoms with Gasteiger partial charge in [0.1, 0.15) is 24.0 Å². The van der Waals surface area contributed by atoms with Crippen molar-refractivity contribution in [1.29, 1.82) is 0 Å². The van der Waals surface area contributed by atoms with Gasteiger partial charge >= 0.3 is 0 Å². The van der Waals surface area contributed by atoms with Crippen molar-refractivity contribution < 1.29 is 19.2 Å². The number of nitro groups is 1. The van der Waals surface area contributed by atoms with Gasteiger partial charge in [-0.2, -0.15) is 0 Å². The number of epoxide rings is 1. The van der Waals surface area contributed by atoms with E-state index < -0.39 is 4.92 Å². The molecule has 0 aliphatic carbocycles. The topological polar surface area (TPSA) is 82.0 Å². The number of benzene rings is 2. The number of hydrogen-bond donors (Lipinski definition) is 0. The second-order valence-electron chi connectivity index (χ2n) is 7.36. The Morgan fingerprint density at radius 1 is 1.27 bits per heavy atom. The summed E-state index contributed by atoms with van der Waals surface area (Å²) in [5, 5.41) is 11.5. The van der Waals surface area contributed by atoms with E-state index in [4.69, 9.17) is 9.47 Å². The molecule has 0 aromatic heterocycles. The molecular formula is C20H21NO5. The van der Waals surface area contributed by atoms with Crippen LogP contribution in [0.2, 0.25) is 0 Å². The lowest BCUT2D eigenvalue weighted by molar-refractivity contribution is -0.385. The smallest absolute Gasteiger partial charge is 0.284 e. The van der Waals surface area contributed by atoms with E-state index in [1.54, 1.807) is 24.3 Å². The molecule has 0 spiro atoms. The normalized spacial score (nSPS) is 16.2. The summed E-state index contributed by atoms with van der Waals surface area (Å²) in [7, 11) is 0. The molecule has 6 heteroatoms. The van der Waals surface area contributed by atoms with Gasteiger partial charge in [0, 0.05) is 5.56 Å². The van der Waals surface area contributed by atoms with E-state index in [2.05, 4.69) is 20.8 Å². The third-order valence-electron chi connectivity index (χ3n) is 4.24. The average Bonchev–Trinajstić information content (AvgIpc) is 3.43. The van der Waals surface area contributed by atoms with Gasteiger partial charge in [0.2, 0.25) is 0 Å². The largest absolute Gasteiger partial charge is 0.491 e. The highest BCUT2D eigenvalue weighted by molar-refractivity contribution is 6.11. The highest BCUT2D eigenvalue weighted by atomic mass is 16.6. The van der Waals surface area contributed by atoms with Crippen LogP contribution < -0.4 is 4.74 Å². The summed E-state index contributed by atoms with van der Waals surface area (Å²) in [5.41, 5.74) is 1.10. The summed E-state index contributed by atoms with van der Waals surface area (Å²) in [6.45, 7) is 7.14. The Bertz CT molecular complexity index is 850. The van der Waals surface area contributed by atoms with Crippen molar-refractivity contribution in [2.75, 3.05) is 13.2 Å². The second kappa shape index (κ2) is 6.88. The number of rotatable bonds is 6. The van der Waals surface area contributed by atoms with Crippen molar-refractivity contribution in [3.05, 3.63) is 69.3 Å². The van der Waals surface area contributed by atoms with Gasteiger partial charge in [0.05, 0.1) is 17.6 Å². The third kappa shape index (κ3) is 4.08. The number of nitrogens with zero attached hydrogens (tertiary/aromatic N) is 1.